The molecule has 0 saturated heterocycles. The van der Waals surface area contributed by atoms with Crippen LogP contribution in [0.1, 0.15) is 37.8 Å². The van der Waals surface area contributed by atoms with Crippen LogP contribution in [0.2, 0.25) is 0 Å². The van der Waals surface area contributed by atoms with Crippen LogP contribution in [0.4, 0.5) is 5.69 Å². The van der Waals surface area contributed by atoms with Crippen molar-refractivity contribution in [2.45, 2.75) is 46.1 Å². The van der Waals surface area contributed by atoms with Crippen LogP contribution in [-0.4, -0.2) is 19.1 Å². The second-order valence-electron chi connectivity index (χ2n) is 5.95. The van der Waals surface area contributed by atoms with Crippen molar-refractivity contribution in [2.24, 2.45) is 11.7 Å². The van der Waals surface area contributed by atoms with Gasteiger partial charge in [-0.15, -0.1) is 0 Å². The van der Waals surface area contributed by atoms with Crippen LogP contribution in [0, 0.1) is 12.8 Å². The largest absolute Gasteiger partial charge is 0.368 e. The Morgan fingerprint density at radius 1 is 1.33 bits per heavy atom. The Labute approximate surface area is 111 Å². The van der Waals surface area contributed by atoms with Gasteiger partial charge in [0.15, 0.2) is 0 Å². The zero-order valence-electron chi connectivity index (χ0n) is 11.9. The van der Waals surface area contributed by atoms with E-state index in [1.165, 1.54) is 29.7 Å². The highest BCUT2D eigenvalue weighted by Crippen LogP contribution is 2.34. The molecular formula is C16H26N2. The number of aryl methyl sites for hydroxylation is 1. The predicted molar refractivity (Wildman–Crippen MR) is 79.1 cm³/mol. The van der Waals surface area contributed by atoms with Crippen LogP contribution in [0.15, 0.2) is 18.2 Å². The van der Waals surface area contributed by atoms with E-state index < -0.39 is 0 Å². The Bertz CT molecular complexity index is 394. The molecule has 0 aromatic heterocycles. The van der Waals surface area contributed by atoms with Gasteiger partial charge in [0.05, 0.1) is 0 Å². The number of rotatable bonds is 6. The maximum absolute atomic E-state index is 5.75. The summed E-state index contributed by atoms with van der Waals surface area (Å²) in [6.45, 7) is 8.65. The molecule has 0 aliphatic heterocycles. The lowest BCUT2D eigenvalue weighted by Crippen LogP contribution is -2.31. The van der Waals surface area contributed by atoms with E-state index in [9.17, 15) is 0 Å². The highest BCUT2D eigenvalue weighted by molar-refractivity contribution is 5.56. The molecule has 0 unspecified atom stereocenters. The molecule has 1 saturated carbocycles. The summed E-state index contributed by atoms with van der Waals surface area (Å²) in [5.41, 5.74) is 9.93. The van der Waals surface area contributed by atoms with Crippen molar-refractivity contribution in [1.82, 2.24) is 0 Å². The van der Waals surface area contributed by atoms with Gasteiger partial charge in [0.1, 0.15) is 0 Å². The minimum Gasteiger partial charge on any atom is -0.368 e. The first-order valence-electron chi connectivity index (χ1n) is 7.18. The Hall–Kier alpha value is -1.02. The van der Waals surface area contributed by atoms with Crippen LogP contribution in [0.25, 0.3) is 0 Å². The molecule has 100 valence electrons. The Balaban J connectivity index is 2.27. The minimum atomic E-state index is 0.706. The highest BCUT2D eigenvalue weighted by Gasteiger charge is 2.30. The third-order valence-corrected chi connectivity index (χ3v) is 3.51. The van der Waals surface area contributed by atoms with Crippen LogP contribution in [0.3, 0.4) is 0 Å². The fourth-order valence-electron chi connectivity index (χ4n) is 2.57. The molecule has 0 spiro atoms. The molecule has 1 aliphatic rings. The number of hydrogen-bond donors (Lipinski definition) is 1. The molecule has 0 bridgehead atoms. The zero-order chi connectivity index (χ0) is 13.1. The quantitative estimate of drug-likeness (QED) is 0.835. The second-order valence-corrected chi connectivity index (χ2v) is 5.95. The number of nitrogens with zero attached hydrogens (tertiary/aromatic N) is 1. The predicted octanol–water partition coefficient (Wildman–Crippen LogP) is 3.12. The summed E-state index contributed by atoms with van der Waals surface area (Å²) in [6, 6.07) is 7.59. The minimum absolute atomic E-state index is 0.706. The normalized spacial score (nSPS) is 15.2. The van der Waals surface area contributed by atoms with Crippen molar-refractivity contribution >= 4 is 5.69 Å². The average Bonchev–Trinajstić information content (AvgIpc) is 3.11. The molecule has 1 aromatic rings. The first kappa shape index (κ1) is 13.4. The van der Waals surface area contributed by atoms with Gasteiger partial charge in [0, 0.05) is 18.3 Å². The molecule has 2 rings (SSSR count). The van der Waals surface area contributed by atoms with Crippen molar-refractivity contribution in [3.63, 3.8) is 0 Å². The lowest BCUT2D eigenvalue weighted by atomic mass is 10.0. The van der Waals surface area contributed by atoms with Gasteiger partial charge in [-0.3, -0.25) is 0 Å². The second kappa shape index (κ2) is 5.75. The third-order valence-electron chi connectivity index (χ3n) is 3.51. The molecule has 0 atom stereocenters. The van der Waals surface area contributed by atoms with E-state index in [4.69, 9.17) is 5.73 Å². The van der Waals surface area contributed by atoms with E-state index in [1.807, 2.05) is 0 Å². The summed E-state index contributed by atoms with van der Waals surface area (Å²) in [4.78, 5) is 2.61. The molecule has 1 aromatic carbocycles. The van der Waals surface area contributed by atoms with E-state index in [2.05, 4.69) is 43.9 Å². The van der Waals surface area contributed by atoms with Crippen molar-refractivity contribution in [2.75, 3.05) is 18.0 Å². The van der Waals surface area contributed by atoms with Crippen LogP contribution in [-0.2, 0) is 6.42 Å². The van der Waals surface area contributed by atoms with Gasteiger partial charge in [-0.2, -0.15) is 0 Å². The molecule has 2 nitrogen and oxygen atoms in total. The summed E-state index contributed by atoms with van der Waals surface area (Å²) >= 11 is 0. The van der Waals surface area contributed by atoms with E-state index in [-0.39, 0.29) is 0 Å². The molecule has 0 amide bonds. The molecule has 2 heteroatoms. The molecule has 2 N–H and O–H groups in total. The maximum atomic E-state index is 5.75. The summed E-state index contributed by atoms with van der Waals surface area (Å²) in [6.07, 6.45) is 3.68. The Morgan fingerprint density at radius 2 is 2.06 bits per heavy atom. The first-order valence-corrected chi connectivity index (χ1v) is 7.18. The Kier molecular flexibility index (Phi) is 4.28. The topological polar surface area (TPSA) is 29.3 Å². The number of benzene rings is 1. The van der Waals surface area contributed by atoms with Gasteiger partial charge in [-0.1, -0.05) is 31.5 Å². The van der Waals surface area contributed by atoms with Gasteiger partial charge in [-0.05, 0) is 50.3 Å². The molecule has 0 heterocycles. The zero-order valence-corrected chi connectivity index (χ0v) is 11.9. The molecule has 1 fully saturated rings. The van der Waals surface area contributed by atoms with Crippen molar-refractivity contribution in [3.05, 3.63) is 29.3 Å². The lowest BCUT2D eigenvalue weighted by molar-refractivity contribution is 0.605. The molecule has 18 heavy (non-hydrogen) atoms. The third kappa shape index (κ3) is 3.26. The maximum Gasteiger partial charge on any atom is 0.0402 e. The number of anilines is 1. The standard InChI is InChI=1S/C16H26N2/c1-12(2)11-18(15-5-6-15)16-7-4-13(3)10-14(16)8-9-17/h4,7,10,12,15H,5-6,8-9,11,17H2,1-3H3. The van der Waals surface area contributed by atoms with E-state index >= 15 is 0 Å². The summed E-state index contributed by atoms with van der Waals surface area (Å²) < 4.78 is 0. The fourth-order valence-corrected chi connectivity index (χ4v) is 2.57. The van der Waals surface area contributed by atoms with Crippen molar-refractivity contribution < 1.29 is 0 Å². The van der Waals surface area contributed by atoms with Crippen LogP contribution >= 0.6 is 0 Å². The van der Waals surface area contributed by atoms with Gasteiger partial charge in [0.25, 0.3) is 0 Å². The van der Waals surface area contributed by atoms with E-state index in [0.717, 1.165) is 25.6 Å². The van der Waals surface area contributed by atoms with Crippen LogP contribution in [0.5, 0.6) is 0 Å². The molecule has 0 radical (unpaired) electrons. The monoisotopic (exact) mass is 246 g/mol. The summed E-state index contributed by atoms with van der Waals surface area (Å²) in [5, 5.41) is 0. The molecular weight excluding hydrogens is 220 g/mol. The number of nitrogens with two attached hydrogens (primary N) is 1. The fraction of sp³-hybridized carbons (Fsp3) is 0.625. The average molecular weight is 246 g/mol. The highest BCUT2D eigenvalue weighted by atomic mass is 15.2. The van der Waals surface area contributed by atoms with Crippen molar-refractivity contribution in [1.29, 1.82) is 0 Å². The Morgan fingerprint density at radius 3 is 2.61 bits per heavy atom. The number of hydrogen-bond acceptors (Lipinski definition) is 2. The SMILES string of the molecule is Cc1ccc(N(CC(C)C)C2CC2)c(CCN)c1. The van der Waals surface area contributed by atoms with Gasteiger partial charge < -0.3 is 10.6 Å². The van der Waals surface area contributed by atoms with Gasteiger partial charge >= 0.3 is 0 Å². The lowest BCUT2D eigenvalue weighted by Gasteiger charge is -2.29. The van der Waals surface area contributed by atoms with Crippen molar-refractivity contribution in [3.8, 4) is 0 Å². The van der Waals surface area contributed by atoms with Gasteiger partial charge in [-0.25, -0.2) is 0 Å². The van der Waals surface area contributed by atoms with E-state index in [1.54, 1.807) is 0 Å². The molecule has 1 aliphatic carbocycles. The van der Waals surface area contributed by atoms with E-state index in [0.29, 0.717) is 5.92 Å². The first-order chi connectivity index (χ1) is 8.61. The summed E-state index contributed by atoms with van der Waals surface area (Å²) in [7, 11) is 0. The van der Waals surface area contributed by atoms with Gasteiger partial charge in [0.2, 0.25) is 0 Å². The smallest absolute Gasteiger partial charge is 0.0402 e. The van der Waals surface area contributed by atoms with Crippen LogP contribution < -0.4 is 10.6 Å². The summed E-state index contributed by atoms with van der Waals surface area (Å²) in [5.74, 6) is 0.706.